The molecule has 2 unspecified atom stereocenters. The molecule has 0 aliphatic carbocycles. The molecule has 0 aromatic rings. The Morgan fingerprint density at radius 1 is 1.12 bits per heavy atom. The van der Waals surface area contributed by atoms with Crippen LogP contribution in [0, 0.1) is 0 Å². The molecule has 0 saturated carbocycles. The molecule has 2 atom stereocenters. The lowest BCUT2D eigenvalue weighted by Gasteiger charge is -2.22. The Kier molecular flexibility index (Phi) is 8.11. The Labute approximate surface area is 97.5 Å². The first-order chi connectivity index (χ1) is 7.65. The SMILES string of the molecule is CCCO.CO[Si](OC)(OC)C1OC1CO. The lowest BCUT2D eigenvalue weighted by atomic mass is 10.5. The summed E-state index contributed by atoms with van der Waals surface area (Å²) in [6.45, 7) is 2.23. The zero-order chi connectivity index (χ0) is 12.6. The molecule has 0 amide bonds. The van der Waals surface area contributed by atoms with Crippen molar-refractivity contribution in [1.82, 2.24) is 0 Å². The maximum Gasteiger partial charge on any atom is 0.533 e. The molecular weight excluding hydrogens is 232 g/mol. The molecule has 98 valence electrons. The highest BCUT2D eigenvalue weighted by atomic mass is 28.4. The first-order valence-electron chi connectivity index (χ1n) is 5.18. The van der Waals surface area contributed by atoms with Crippen LogP contribution in [-0.4, -0.2) is 65.4 Å². The Morgan fingerprint density at radius 3 is 1.75 bits per heavy atom. The van der Waals surface area contributed by atoms with Crippen LogP contribution in [0.1, 0.15) is 13.3 Å². The van der Waals surface area contributed by atoms with Gasteiger partial charge in [-0.2, -0.15) is 0 Å². The number of epoxide rings is 1. The highest BCUT2D eigenvalue weighted by Gasteiger charge is 2.62. The van der Waals surface area contributed by atoms with Crippen LogP contribution in [0.15, 0.2) is 0 Å². The Hall–Kier alpha value is -0.0231. The van der Waals surface area contributed by atoms with Gasteiger partial charge in [0.05, 0.1) is 6.61 Å². The Morgan fingerprint density at radius 2 is 1.56 bits per heavy atom. The highest BCUT2D eigenvalue weighted by molar-refractivity contribution is 6.63. The number of hydrogen-bond donors (Lipinski definition) is 2. The van der Waals surface area contributed by atoms with Crippen molar-refractivity contribution in [3.8, 4) is 0 Å². The predicted molar refractivity (Wildman–Crippen MR) is 59.9 cm³/mol. The van der Waals surface area contributed by atoms with E-state index in [2.05, 4.69) is 0 Å². The third-order valence-electron chi connectivity index (χ3n) is 2.19. The second kappa shape index (κ2) is 8.12. The molecular formula is C9H22O6Si. The summed E-state index contributed by atoms with van der Waals surface area (Å²) < 4.78 is 20.6. The summed E-state index contributed by atoms with van der Waals surface area (Å²) in [7, 11) is 1.92. The van der Waals surface area contributed by atoms with E-state index in [0.717, 1.165) is 6.42 Å². The monoisotopic (exact) mass is 254 g/mol. The minimum Gasteiger partial charge on any atom is -0.396 e. The van der Waals surface area contributed by atoms with Gasteiger partial charge in [0.1, 0.15) is 6.10 Å². The van der Waals surface area contributed by atoms with E-state index in [1.54, 1.807) is 0 Å². The minimum atomic E-state index is -2.65. The Balaban J connectivity index is 0.000000487. The van der Waals surface area contributed by atoms with Gasteiger partial charge in [0.2, 0.25) is 0 Å². The first kappa shape index (κ1) is 16.0. The first-order valence-corrected chi connectivity index (χ1v) is 6.98. The normalized spacial score (nSPS) is 23.6. The summed E-state index contributed by atoms with van der Waals surface area (Å²) in [6.07, 6.45) is 0.691. The van der Waals surface area contributed by atoms with Crippen molar-refractivity contribution in [1.29, 1.82) is 0 Å². The van der Waals surface area contributed by atoms with Crippen LogP contribution in [0.4, 0.5) is 0 Å². The van der Waals surface area contributed by atoms with Gasteiger partial charge in [-0.3, -0.25) is 0 Å². The molecule has 1 saturated heterocycles. The minimum absolute atomic E-state index is 0.0184. The van der Waals surface area contributed by atoms with Gasteiger partial charge < -0.3 is 28.2 Å². The molecule has 1 heterocycles. The third kappa shape index (κ3) is 4.09. The summed E-state index contributed by atoms with van der Waals surface area (Å²) in [6, 6.07) is 0. The molecule has 0 aromatic carbocycles. The van der Waals surface area contributed by atoms with Gasteiger partial charge in [0.25, 0.3) is 0 Å². The van der Waals surface area contributed by atoms with Gasteiger partial charge in [-0.25, -0.2) is 0 Å². The molecule has 0 spiro atoms. The lowest BCUT2D eigenvalue weighted by Crippen LogP contribution is -2.50. The third-order valence-corrected chi connectivity index (χ3v) is 5.10. The van der Waals surface area contributed by atoms with Crippen molar-refractivity contribution < 1.29 is 28.2 Å². The van der Waals surface area contributed by atoms with Crippen LogP contribution in [0.25, 0.3) is 0 Å². The van der Waals surface area contributed by atoms with Crippen LogP contribution in [0.3, 0.4) is 0 Å². The predicted octanol–water partition coefficient (Wildman–Crippen LogP) is -0.448. The van der Waals surface area contributed by atoms with E-state index in [-0.39, 0.29) is 18.4 Å². The van der Waals surface area contributed by atoms with Crippen LogP contribution in [0.2, 0.25) is 0 Å². The van der Waals surface area contributed by atoms with E-state index < -0.39 is 8.80 Å². The van der Waals surface area contributed by atoms with E-state index in [4.69, 9.17) is 28.2 Å². The summed E-state index contributed by atoms with van der Waals surface area (Å²) in [5.74, 6) is 0. The van der Waals surface area contributed by atoms with Crippen molar-refractivity contribution in [3.63, 3.8) is 0 Å². The Bertz CT molecular complexity index is 165. The van der Waals surface area contributed by atoms with E-state index >= 15 is 0 Å². The molecule has 7 heteroatoms. The van der Waals surface area contributed by atoms with E-state index in [1.165, 1.54) is 21.3 Å². The lowest BCUT2D eigenvalue weighted by molar-refractivity contribution is 0.110. The molecule has 1 aliphatic heterocycles. The number of aliphatic hydroxyl groups is 2. The molecule has 1 aliphatic rings. The van der Waals surface area contributed by atoms with Crippen LogP contribution >= 0.6 is 0 Å². The van der Waals surface area contributed by atoms with Crippen LogP contribution in [-0.2, 0) is 18.0 Å². The number of ether oxygens (including phenoxy) is 1. The smallest absolute Gasteiger partial charge is 0.396 e. The summed E-state index contributed by atoms with van der Waals surface area (Å²) >= 11 is 0. The zero-order valence-electron chi connectivity index (χ0n) is 10.3. The fraction of sp³-hybridized carbons (Fsp3) is 1.00. The quantitative estimate of drug-likeness (QED) is 0.494. The van der Waals surface area contributed by atoms with Gasteiger partial charge in [0, 0.05) is 27.9 Å². The number of rotatable bonds is 6. The molecule has 6 nitrogen and oxygen atoms in total. The maximum absolute atomic E-state index is 8.76. The van der Waals surface area contributed by atoms with Crippen molar-refractivity contribution in [2.24, 2.45) is 0 Å². The van der Waals surface area contributed by atoms with Gasteiger partial charge in [-0.1, -0.05) is 6.92 Å². The summed E-state index contributed by atoms with van der Waals surface area (Å²) in [4.78, 5) is 0. The molecule has 1 rings (SSSR count). The molecule has 0 aromatic heterocycles. The molecule has 0 bridgehead atoms. The van der Waals surface area contributed by atoms with Crippen molar-refractivity contribution in [2.75, 3.05) is 34.5 Å². The van der Waals surface area contributed by atoms with Gasteiger partial charge in [-0.15, -0.1) is 0 Å². The average Bonchev–Trinajstić information content (AvgIpc) is 3.13. The largest absolute Gasteiger partial charge is 0.533 e. The van der Waals surface area contributed by atoms with E-state index in [9.17, 15) is 0 Å². The zero-order valence-corrected chi connectivity index (χ0v) is 11.3. The summed E-state index contributed by atoms with van der Waals surface area (Å²) in [5, 5.41) is 16.6. The second-order valence-corrected chi connectivity index (χ2v) is 6.22. The van der Waals surface area contributed by atoms with Crippen molar-refractivity contribution in [3.05, 3.63) is 0 Å². The standard InChI is InChI=1S/C6H14O5Si.C3H8O/c1-8-12(9-2,10-3)6-5(4-7)11-6;1-2-3-4/h5-7H,4H2,1-3H3;4H,2-3H2,1H3. The fourth-order valence-corrected chi connectivity index (χ4v) is 3.29. The van der Waals surface area contributed by atoms with Crippen LogP contribution < -0.4 is 0 Å². The highest BCUT2D eigenvalue weighted by Crippen LogP contribution is 2.31. The van der Waals surface area contributed by atoms with Gasteiger partial charge >= 0.3 is 8.80 Å². The molecule has 1 fully saturated rings. The van der Waals surface area contributed by atoms with E-state index in [1.807, 2.05) is 6.92 Å². The van der Waals surface area contributed by atoms with Gasteiger partial charge in [0.15, 0.2) is 5.73 Å². The molecule has 2 N–H and O–H groups in total. The van der Waals surface area contributed by atoms with E-state index in [0.29, 0.717) is 6.61 Å². The molecule has 0 radical (unpaired) electrons. The summed E-state index contributed by atoms with van der Waals surface area (Å²) in [5.41, 5.74) is -0.206. The average molecular weight is 254 g/mol. The maximum atomic E-state index is 8.76. The number of hydrogen-bond acceptors (Lipinski definition) is 6. The topological polar surface area (TPSA) is 80.7 Å². The van der Waals surface area contributed by atoms with Gasteiger partial charge in [-0.05, 0) is 6.42 Å². The fourth-order valence-electron chi connectivity index (χ4n) is 1.19. The van der Waals surface area contributed by atoms with Crippen molar-refractivity contribution in [2.45, 2.75) is 25.2 Å². The molecule has 16 heavy (non-hydrogen) atoms. The van der Waals surface area contributed by atoms with Crippen molar-refractivity contribution >= 4 is 8.80 Å². The number of aliphatic hydroxyl groups excluding tert-OH is 2. The van der Waals surface area contributed by atoms with Crippen LogP contribution in [0.5, 0.6) is 0 Å². The second-order valence-electron chi connectivity index (χ2n) is 3.22.